The Bertz CT molecular complexity index is 343. The highest BCUT2D eigenvalue weighted by molar-refractivity contribution is 5.78. The number of hydrogen-bond acceptors (Lipinski definition) is 3. The normalized spacial score (nSPS) is 17.5. The van der Waals surface area contributed by atoms with Gasteiger partial charge in [-0.25, -0.2) is 4.99 Å². The van der Waals surface area contributed by atoms with Gasteiger partial charge in [-0.3, -0.25) is 4.98 Å². The minimum atomic E-state index is 0.601. The molecular weight excluding hydrogens is 202 g/mol. The first-order valence-corrected chi connectivity index (χ1v) is 5.51. The van der Waals surface area contributed by atoms with Crippen LogP contribution in [0.4, 0.5) is 0 Å². The fourth-order valence-corrected chi connectivity index (χ4v) is 1.66. The predicted octanol–water partition coefficient (Wildman–Crippen LogP) is -0.199. The molecule has 16 heavy (non-hydrogen) atoms. The Labute approximate surface area is 95.4 Å². The van der Waals surface area contributed by atoms with Gasteiger partial charge in [0.15, 0.2) is 5.96 Å². The van der Waals surface area contributed by atoms with E-state index in [-0.39, 0.29) is 0 Å². The summed E-state index contributed by atoms with van der Waals surface area (Å²) in [5.41, 5.74) is 7.01. The molecule has 1 aliphatic rings. The van der Waals surface area contributed by atoms with Crippen LogP contribution in [0.2, 0.25) is 0 Å². The molecule has 2 heterocycles. The van der Waals surface area contributed by atoms with E-state index in [1.807, 2.05) is 18.3 Å². The molecule has 3 N–H and O–H groups in total. The molecule has 0 spiro atoms. The van der Waals surface area contributed by atoms with E-state index in [4.69, 9.17) is 5.73 Å². The molecule has 86 valence electrons. The zero-order valence-corrected chi connectivity index (χ0v) is 9.26. The lowest BCUT2D eigenvalue weighted by molar-refractivity contribution is 0.353. The first-order chi connectivity index (χ1) is 7.86. The Morgan fingerprint density at radius 3 is 3.00 bits per heavy atom. The summed E-state index contributed by atoms with van der Waals surface area (Å²) in [5.74, 6) is 0.630. The van der Waals surface area contributed by atoms with Crippen LogP contribution in [0.3, 0.4) is 0 Å². The summed E-state index contributed by atoms with van der Waals surface area (Å²) < 4.78 is 0. The number of nitrogens with two attached hydrogens (primary N) is 1. The highest BCUT2D eigenvalue weighted by Crippen LogP contribution is 1.99. The quantitative estimate of drug-likeness (QED) is 0.534. The van der Waals surface area contributed by atoms with E-state index in [2.05, 4.69) is 20.2 Å². The smallest absolute Gasteiger partial charge is 0.191 e. The summed E-state index contributed by atoms with van der Waals surface area (Å²) in [7, 11) is 0. The lowest BCUT2D eigenvalue weighted by Crippen LogP contribution is -2.49. The molecule has 0 unspecified atom stereocenters. The number of piperazine rings is 1. The topological polar surface area (TPSA) is 66.5 Å². The molecule has 1 aliphatic heterocycles. The molecule has 2 rings (SSSR count). The van der Waals surface area contributed by atoms with Gasteiger partial charge in [0.2, 0.25) is 0 Å². The van der Waals surface area contributed by atoms with E-state index < -0.39 is 0 Å². The van der Waals surface area contributed by atoms with Gasteiger partial charge >= 0.3 is 0 Å². The zero-order chi connectivity index (χ0) is 11.2. The first-order valence-electron chi connectivity index (χ1n) is 5.51. The number of hydrogen-bond donors (Lipinski definition) is 2. The van der Waals surface area contributed by atoms with Gasteiger partial charge in [0.1, 0.15) is 0 Å². The van der Waals surface area contributed by atoms with Gasteiger partial charge in [-0.15, -0.1) is 0 Å². The van der Waals surface area contributed by atoms with Crippen LogP contribution in [-0.2, 0) is 6.54 Å². The fourth-order valence-electron chi connectivity index (χ4n) is 1.66. The van der Waals surface area contributed by atoms with Crippen LogP contribution in [0.1, 0.15) is 5.56 Å². The molecule has 1 fully saturated rings. The highest BCUT2D eigenvalue weighted by Gasteiger charge is 2.10. The number of rotatable bonds is 2. The molecule has 5 heteroatoms. The standard InChI is InChI=1S/C11H17N5/c12-11(16-6-4-13-5-7-16)15-9-10-2-1-3-14-8-10/h1-3,8,13H,4-7,9H2,(H2,12,15). The molecule has 0 aliphatic carbocycles. The van der Waals surface area contributed by atoms with Crippen LogP contribution >= 0.6 is 0 Å². The molecule has 0 aromatic carbocycles. The Kier molecular flexibility index (Phi) is 3.71. The molecule has 0 radical (unpaired) electrons. The number of guanidine groups is 1. The maximum atomic E-state index is 5.92. The van der Waals surface area contributed by atoms with E-state index >= 15 is 0 Å². The van der Waals surface area contributed by atoms with Crippen LogP contribution in [0.25, 0.3) is 0 Å². The molecular formula is C11H17N5. The lowest BCUT2D eigenvalue weighted by Gasteiger charge is -2.28. The zero-order valence-electron chi connectivity index (χ0n) is 9.26. The Balaban J connectivity index is 1.91. The number of aliphatic imine (C=N–C) groups is 1. The summed E-state index contributed by atoms with van der Waals surface area (Å²) in [6.07, 6.45) is 3.57. The van der Waals surface area contributed by atoms with Crippen molar-refractivity contribution in [3.05, 3.63) is 30.1 Å². The molecule has 0 amide bonds. The van der Waals surface area contributed by atoms with Gasteiger partial charge in [0.05, 0.1) is 6.54 Å². The Hall–Kier alpha value is -1.62. The van der Waals surface area contributed by atoms with E-state index in [1.165, 1.54) is 0 Å². The van der Waals surface area contributed by atoms with Gasteiger partial charge in [-0.05, 0) is 11.6 Å². The van der Waals surface area contributed by atoms with Crippen molar-refractivity contribution in [2.75, 3.05) is 26.2 Å². The average molecular weight is 219 g/mol. The van der Waals surface area contributed by atoms with Gasteiger partial charge < -0.3 is 16.0 Å². The van der Waals surface area contributed by atoms with E-state index in [9.17, 15) is 0 Å². The molecule has 0 saturated carbocycles. The Morgan fingerprint density at radius 1 is 1.50 bits per heavy atom. The molecule has 1 saturated heterocycles. The van der Waals surface area contributed by atoms with Crippen molar-refractivity contribution in [3.63, 3.8) is 0 Å². The summed E-state index contributed by atoms with van der Waals surface area (Å²) in [6.45, 7) is 4.42. The second kappa shape index (κ2) is 5.46. The van der Waals surface area contributed by atoms with Crippen molar-refractivity contribution in [1.82, 2.24) is 15.2 Å². The number of nitrogens with one attached hydrogen (secondary N) is 1. The summed E-state index contributed by atoms with van der Waals surface area (Å²) in [4.78, 5) is 10.5. The van der Waals surface area contributed by atoms with Crippen LogP contribution in [-0.4, -0.2) is 42.0 Å². The van der Waals surface area contributed by atoms with Gasteiger partial charge in [0, 0.05) is 38.6 Å². The second-order valence-corrected chi connectivity index (χ2v) is 3.77. The first kappa shape index (κ1) is 10.9. The van der Waals surface area contributed by atoms with Crippen LogP contribution < -0.4 is 11.1 Å². The van der Waals surface area contributed by atoms with E-state index in [1.54, 1.807) is 6.20 Å². The summed E-state index contributed by atoms with van der Waals surface area (Å²) in [5, 5.41) is 3.28. The molecule has 5 nitrogen and oxygen atoms in total. The fraction of sp³-hybridized carbons (Fsp3) is 0.455. The second-order valence-electron chi connectivity index (χ2n) is 3.77. The van der Waals surface area contributed by atoms with Crippen molar-refractivity contribution < 1.29 is 0 Å². The minimum Gasteiger partial charge on any atom is -0.370 e. The minimum absolute atomic E-state index is 0.601. The summed E-state index contributed by atoms with van der Waals surface area (Å²) in [6, 6.07) is 3.91. The maximum Gasteiger partial charge on any atom is 0.191 e. The van der Waals surface area contributed by atoms with Crippen LogP contribution in [0.5, 0.6) is 0 Å². The highest BCUT2D eigenvalue weighted by atomic mass is 15.3. The van der Waals surface area contributed by atoms with Gasteiger partial charge in [-0.1, -0.05) is 6.07 Å². The van der Waals surface area contributed by atoms with Crippen molar-refractivity contribution in [3.8, 4) is 0 Å². The predicted molar refractivity (Wildman–Crippen MR) is 64.0 cm³/mol. The third kappa shape index (κ3) is 2.93. The van der Waals surface area contributed by atoms with Crippen molar-refractivity contribution in [1.29, 1.82) is 0 Å². The molecule has 1 aromatic heterocycles. The molecule has 0 bridgehead atoms. The van der Waals surface area contributed by atoms with Crippen LogP contribution in [0, 0.1) is 0 Å². The molecule has 0 atom stereocenters. The van der Waals surface area contributed by atoms with Crippen LogP contribution in [0.15, 0.2) is 29.5 Å². The largest absolute Gasteiger partial charge is 0.370 e. The number of aromatic nitrogens is 1. The van der Waals surface area contributed by atoms with E-state index in [0.717, 1.165) is 31.7 Å². The molecule has 1 aromatic rings. The monoisotopic (exact) mass is 219 g/mol. The number of pyridine rings is 1. The van der Waals surface area contributed by atoms with Gasteiger partial charge in [0.25, 0.3) is 0 Å². The Morgan fingerprint density at radius 2 is 2.31 bits per heavy atom. The van der Waals surface area contributed by atoms with Crippen molar-refractivity contribution >= 4 is 5.96 Å². The maximum absolute atomic E-state index is 5.92. The summed E-state index contributed by atoms with van der Waals surface area (Å²) >= 11 is 0. The third-order valence-corrected chi connectivity index (χ3v) is 2.59. The third-order valence-electron chi connectivity index (χ3n) is 2.59. The SMILES string of the molecule is NC(=NCc1cccnc1)N1CCNCC1. The van der Waals surface area contributed by atoms with Crippen molar-refractivity contribution in [2.24, 2.45) is 10.7 Å². The number of nitrogens with zero attached hydrogens (tertiary/aromatic N) is 3. The average Bonchev–Trinajstić information content (AvgIpc) is 2.38. The van der Waals surface area contributed by atoms with E-state index in [0.29, 0.717) is 12.5 Å². The lowest BCUT2D eigenvalue weighted by atomic mass is 10.3. The van der Waals surface area contributed by atoms with Gasteiger partial charge in [-0.2, -0.15) is 0 Å². The van der Waals surface area contributed by atoms with Crippen molar-refractivity contribution in [2.45, 2.75) is 6.54 Å².